The maximum Gasteiger partial charge on any atom is 0.321 e. The van der Waals surface area contributed by atoms with E-state index < -0.39 is 22.0 Å². The van der Waals surface area contributed by atoms with Gasteiger partial charge in [-0.25, -0.2) is 8.42 Å². The first-order valence-electron chi connectivity index (χ1n) is 6.31. The summed E-state index contributed by atoms with van der Waals surface area (Å²) in [5.74, 6) is -1.11. The molecule has 1 heterocycles. The summed E-state index contributed by atoms with van der Waals surface area (Å²) in [6.07, 6.45) is 0.229. The van der Waals surface area contributed by atoms with Crippen LogP contribution >= 0.6 is 0 Å². The Bertz CT molecular complexity index is 604. The molecular formula is C12H21N3O4S. The molecular weight excluding hydrogens is 282 g/mol. The molecule has 1 atom stereocenters. The highest BCUT2D eigenvalue weighted by Gasteiger charge is 2.30. The second-order valence-electron chi connectivity index (χ2n) is 5.27. The Kier molecular flexibility index (Phi) is 4.93. The topological polar surface area (TPSA) is 101 Å². The number of carboxylic acids is 1. The molecule has 8 heteroatoms. The Morgan fingerprint density at radius 1 is 1.40 bits per heavy atom. The lowest BCUT2D eigenvalue weighted by Gasteiger charge is -2.16. The Morgan fingerprint density at radius 3 is 2.30 bits per heavy atom. The standard InChI is InChI=1S/C12H21N3O4S/c1-7(2)6-10(12(16)17)14-20(18,19)11-8(3)13-15(5)9(11)4/h7,10,14H,6H2,1-5H3,(H,16,17)/t10-/m1/s1. The zero-order chi connectivity index (χ0) is 15.7. The van der Waals surface area contributed by atoms with Crippen LogP contribution < -0.4 is 4.72 Å². The van der Waals surface area contributed by atoms with Gasteiger partial charge in [0.15, 0.2) is 0 Å². The van der Waals surface area contributed by atoms with E-state index >= 15 is 0 Å². The predicted molar refractivity (Wildman–Crippen MR) is 73.9 cm³/mol. The van der Waals surface area contributed by atoms with Crippen LogP contribution in [0.2, 0.25) is 0 Å². The summed E-state index contributed by atoms with van der Waals surface area (Å²) in [6, 6.07) is -1.14. The van der Waals surface area contributed by atoms with Crippen LogP contribution in [-0.4, -0.2) is 35.3 Å². The average molecular weight is 303 g/mol. The lowest BCUT2D eigenvalue weighted by Crippen LogP contribution is -2.41. The van der Waals surface area contributed by atoms with Crippen molar-refractivity contribution in [2.75, 3.05) is 0 Å². The van der Waals surface area contributed by atoms with Crippen LogP contribution in [0, 0.1) is 19.8 Å². The molecule has 20 heavy (non-hydrogen) atoms. The number of sulfonamides is 1. The number of hydrogen-bond acceptors (Lipinski definition) is 4. The first-order chi connectivity index (χ1) is 9.06. The molecule has 114 valence electrons. The fraction of sp³-hybridized carbons (Fsp3) is 0.667. The molecule has 0 bridgehead atoms. The Balaban J connectivity index is 3.13. The van der Waals surface area contributed by atoms with Gasteiger partial charge in [-0.2, -0.15) is 9.82 Å². The van der Waals surface area contributed by atoms with Gasteiger partial charge in [0.05, 0.1) is 11.4 Å². The van der Waals surface area contributed by atoms with Crippen LogP contribution in [0.15, 0.2) is 4.90 Å². The Hall–Kier alpha value is -1.41. The lowest BCUT2D eigenvalue weighted by atomic mass is 10.1. The predicted octanol–water partition coefficient (Wildman–Crippen LogP) is 0.815. The molecule has 0 amide bonds. The van der Waals surface area contributed by atoms with E-state index in [9.17, 15) is 13.2 Å². The van der Waals surface area contributed by atoms with E-state index in [2.05, 4.69) is 9.82 Å². The van der Waals surface area contributed by atoms with Gasteiger partial charge in [0.2, 0.25) is 10.0 Å². The minimum atomic E-state index is -3.90. The number of nitrogens with one attached hydrogen (secondary N) is 1. The van der Waals surface area contributed by atoms with Crippen LogP contribution in [0.3, 0.4) is 0 Å². The fourth-order valence-electron chi connectivity index (χ4n) is 2.06. The van der Waals surface area contributed by atoms with E-state index in [1.165, 1.54) is 4.68 Å². The van der Waals surface area contributed by atoms with Gasteiger partial charge in [-0.15, -0.1) is 0 Å². The van der Waals surface area contributed by atoms with E-state index in [0.29, 0.717) is 11.4 Å². The highest BCUT2D eigenvalue weighted by atomic mass is 32.2. The number of aliphatic carboxylic acids is 1. The molecule has 0 saturated heterocycles. The molecule has 0 saturated carbocycles. The van der Waals surface area contributed by atoms with Gasteiger partial charge in [0.1, 0.15) is 10.9 Å². The summed E-state index contributed by atoms with van der Waals surface area (Å²) in [5, 5.41) is 13.2. The molecule has 0 aliphatic carbocycles. The highest BCUT2D eigenvalue weighted by molar-refractivity contribution is 7.89. The first kappa shape index (κ1) is 16.6. The summed E-state index contributed by atoms with van der Waals surface area (Å²) in [7, 11) is -2.26. The van der Waals surface area contributed by atoms with Crippen LogP contribution in [0.4, 0.5) is 0 Å². The van der Waals surface area contributed by atoms with Crippen LogP contribution in [0.25, 0.3) is 0 Å². The van der Waals surface area contributed by atoms with Gasteiger partial charge in [-0.05, 0) is 26.2 Å². The van der Waals surface area contributed by atoms with E-state index in [1.807, 2.05) is 13.8 Å². The molecule has 0 aliphatic rings. The maximum absolute atomic E-state index is 12.4. The van der Waals surface area contributed by atoms with Gasteiger partial charge >= 0.3 is 5.97 Å². The number of aryl methyl sites for hydroxylation is 2. The smallest absolute Gasteiger partial charge is 0.321 e. The molecule has 0 aromatic carbocycles. The maximum atomic E-state index is 12.4. The second-order valence-corrected chi connectivity index (χ2v) is 6.92. The van der Waals surface area contributed by atoms with Crippen LogP contribution in [-0.2, 0) is 21.9 Å². The highest BCUT2D eigenvalue weighted by Crippen LogP contribution is 2.19. The van der Waals surface area contributed by atoms with E-state index in [4.69, 9.17) is 5.11 Å². The SMILES string of the molecule is Cc1nn(C)c(C)c1S(=O)(=O)N[C@H](CC(C)C)C(=O)O. The second kappa shape index (κ2) is 5.92. The van der Waals surface area contributed by atoms with Crippen LogP contribution in [0.1, 0.15) is 31.7 Å². The van der Waals surface area contributed by atoms with E-state index in [0.717, 1.165) is 0 Å². The number of hydrogen-bond donors (Lipinski definition) is 2. The molecule has 0 radical (unpaired) electrons. The van der Waals surface area contributed by atoms with Crippen molar-refractivity contribution in [2.24, 2.45) is 13.0 Å². The summed E-state index contributed by atoms with van der Waals surface area (Å²) in [5.41, 5.74) is 0.829. The van der Waals surface area contributed by atoms with Gasteiger partial charge in [-0.1, -0.05) is 13.8 Å². The monoisotopic (exact) mass is 303 g/mol. The molecule has 0 spiro atoms. The summed E-state index contributed by atoms with van der Waals surface area (Å²) >= 11 is 0. The molecule has 7 nitrogen and oxygen atoms in total. The average Bonchev–Trinajstić information content (AvgIpc) is 2.51. The summed E-state index contributed by atoms with van der Waals surface area (Å²) < 4.78 is 28.4. The third-order valence-electron chi connectivity index (χ3n) is 3.01. The normalized spacial score (nSPS) is 13.7. The van der Waals surface area contributed by atoms with E-state index in [1.54, 1.807) is 20.9 Å². The molecule has 0 aliphatic heterocycles. The number of carboxylic acid groups (broad SMARTS) is 1. The number of rotatable bonds is 6. The van der Waals surface area contributed by atoms with Crippen molar-refractivity contribution in [3.8, 4) is 0 Å². The Morgan fingerprint density at radius 2 is 1.95 bits per heavy atom. The zero-order valence-corrected chi connectivity index (χ0v) is 13.2. The zero-order valence-electron chi connectivity index (χ0n) is 12.3. The van der Waals surface area contributed by atoms with Gasteiger partial charge in [0.25, 0.3) is 0 Å². The summed E-state index contributed by atoms with van der Waals surface area (Å²) in [6.45, 7) is 6.89. The van der Waals surface area contributed by atoms with Gasteiger partial charge in [0, 0.05) is 7.05 Å². The molecule has 1 aromatic heterocycles. The van der Waals surface area contributed by atoms with Crippen molar-refractivity contribution < 1.29 is 18.3 Å². The first-order valence-corrected chi connectivity index (χ1v) is 7.80. The quantitative estimate of drug-likeness (QED) is 0.810. The lowest BCUT2D eigenvalue weighted by molar-refractivity contribution is -0.139. The molecule has 0 fully saturated rings. The third-order valence-corrected chi connectivity index (χ3v) is 4.74. The van der Waals surface area contributed by atoms with Crippen molar-refractivity contribution in [1.29, 1.82) is 0 Å². The van der Waals surface area contributed by atoms with Gasteiger partial charge < -0.3 is 5.11 Å². The van der Waals surface area contributed by atoms with Crippen molar-refractivity contribution in [1.82, 2.24) is 14.5 Å². The van der Waals surface area contributed by atoms with Crippen molar-refractivity contribution in [3.05, 3.63) is 11.4 Å². The molecule has 0 unspecified atom stereocenters. The third kappa shape index (κ3) is 3.57. The van der Waals surface area contributed by atoms with Crippen molar-refractivity contribution in [2.45, 2.75) is 45.1 Å². The minimum absolute atomic E-state index is 0.0509. The molecule has 1 rings (SSSR count). The van der Waals surface area contributed by atoms with E-state index in [-0.39, 0.29) is 17.2 Å². The Labute approximate surface area is 119 Å². The molecule has 2 N–H and O–H groups in total. The molecule has 1 aromatic rings. The minimum Gasteiger partial charge on any atom is -0.480 e. The number of aromatic nitrogens is 2. The van der Waals surface area contributed by atoms with Crippen LogP contribution in [0.5, 0.6) is 0 Å². The van der Waals surface area contributed by atoms with Crippen molar-refractivity contribution in [3.63, 3.8) is 0 Å². The van der Waals surface area contributed by atoms with Gasteiger partial charge in [-0.3, -0.25) is 9.48 Å². The number of nitrogens with zero attached hydrogens (tertiary/aromatic N) is 2. The fourth-order valence-corrected chi connectivity index (χ4v) is 3.70. The summed E-state index contributed by atoms with van der Waals surface area (Å²) in [4.78, 5) is 11.2. The van der Waals surface area contributed by atoms with Crippen molar-refractivity contribution >= 4 is 16.0 Å². The number of carbonyl (C=O) groups is 1. The largest absolute Gasteiger partial charge is 0.480 e.